The largest absolute Gasteiger partial charge is 0.463 e. The molecule has 0 aliphatic carbocycles. The zero-order valence-electron chi connectivity index (χ0n) is 11.9. The molecule has 116 valence electrons. The number of thiazole rings is 1. The minimum absolute atomic E-state index is 0.0407. The van der Waals surface area contributed by atoms with Gasteiger partial charge < -0.3 is 13.9 Å². The minimum atomic E-state index is -0.849. The number of carbonyl (C=O) groups excluding carboxylic acids is 2. The molecule has 0 bridgehead atoms. The molecular formula is C16H11NO5S. The predicted molar refractivity (Wildman–Crippen MR) is 82.1 cm³/mol. The third-order valence-corrected chi connectivity index (χ3v) is 4.50. The molecule has 0 N–H and O–H groups in total. The van der Waals surface area contributed by atoms with Gasteiger partial charge in [0.1, 0.15) is 0 Å². The van der Waals surface area contributed by atoms with Gasteiger partial charge in [0.05, 0.1) is 16.8 Å². The van der Waals surface area contributed by atoms with Crippen molar-refractivity contribution in [2.75, 3.05) is 6.61 Å². The lowest BCUT2D eigenvalue weighted by Crippen LogP contribution is -2.22. The lowest BCUT2D eigenvalue weighted by Gasteiger charge is -2.05. The predicted octanol–water partition coefficient (Wildman–Crippen LogP) is 3.03. The summed E-state index contributed by atoms with van der Waals surface area (Å²) in [5, 5.41) is 0.686. The molecule has 0 unspecified atom stereocenters. The van der Waals surface area contributed by atoms with Gasteiger partial charge in [-0.2, -0.15) is 0 Å². The molecule has 1 fully saturated rings. The van der Waals surface area contributed by atoms with Gasteiger partial charge in [-0.3, -0.25) is 0 Å². The SMILES string of the molecule is O=C(O[C@@H]1CCOC1=O)c1ccc(-c2nc3ccccc3s2)o1. The third kappa shape index (κ3) is 2.59. The Morgan fingerprint density at radius 2 is 2.13 bits per heavy atom. The van der Waals surface area contributed by atoms with Crippen molar-refractivity contribution >= 4 is 33.5 Å². The molecule has 1 aliphatic heterocycles. The molecule has 1 aromatic carbocycles. The molecule has 3 aromatic rings. The van der Waals surface area contributed by atoms with Crippen molar-refractivity contribution in [2.45, 2.75) is 12.5 Å². The molecule has 3 heterocycles. The lowest BCUT2D eigenvalue weighted by molar-refractivity contribution is -0.145. The fourth-order valence-corrected chi connectivity index (χ4v) is 3.24. The summed E-state index contributed by atoms with van der Waals surface area (Å²) in [4.78, 5) is 27.8. The Balaban J connectivity index is 1.56. The zero-order chi connectivity index (χ0) is 15.8. The number of carbonyl (C=O) groups is 2. The summed E-state index contributed by atoms with van der Waals surface area (Å²) in [5.74, 6) is -0.663. The highest BCUT2D eigenvalue weighted by molar-refractivity contribution is 7.21. The van der Waals surface area contributed by atoms with Gasteiger partial charge in [-0.15, -0.1) is 11.3 Å². The highest BCUT2D eigenvalue weighted by Gasteiger charge is 2.31. The van der Waals surface area contributed by atoms with Gasteiger partial charge in [0.2, 0.25) is 11.9 Å². The number of benzene rings is 1. The summed E-state index contributed by atoms with van der Waals surface area (Å²) in [5.41, 5.74) is 0.877. The highest BCUT2D eigenvalue weighted by atomic mass is 32.1. The molecule has 7 heteroatoms. The minimum Gasteiger partial charge on any atom is -0.463 e. The second-order valence-corrected chi connectivity index (χ2v) is 6.03. The first-order valence-electron chi connectivity index (χ1n) is 7.04. The maximum atomic E-state index is 12.0. The van der Waals surface area contributed by atoms with Crippen LogP contribution < -0.4 is 0 Å². The standard InChI is InChI=1S/C16H11NO5S/c18-15-12(7-8-20-15)22-16(19)11-6-5-10(21-11)14-17-9-3-1-2-4-13(9)23-14/h1-6,12H,7-8H2/t12-/m1/s1. The van der Waals surface area contributed by atoms with Crippen molar-refractivity contribution in [3.05, 3.63) is 42.2 Å². The molecule has 0 spiro atoms. The number of para-hydroxylation sites is 1. The lowest BCUT2D eigenvalue weighted by atomic mass is 10.3. The number of aromatic nitrogens is 1. The van der Waals surface area contributed by atoms with Crippen LogP contribution in [-0.4, -0.2) is 29.6 Å². The second kappa shape index (κ2) is 5.51. The van der Waals surface area contributed by atoms with E-state index in [9.17, 15) is 9.59 Å². The number of hydrogen-bond donors (Lipinski definition) is 0. The Kier molecular flexibility index (Phi) is 3.34. The van der Waals surface area contributed by atoms with E-state index in [1.165, 1.54) is 17.4 Å². The van der Waals surface area contributed by atoms with Crippen LogP contribution in [0.4, 0.5) is 0 Å². The van der Waals surface area contributed by atoms with Crippen molar-refractivity contribution in [1.29, 1.82) is 0 Å². The van der Waals surface area contributed by atoms with E-state index in [-0.39, 0.29) is 12.4 Å². The highest BCUT2D eigenvalue weighted by Crippen LogP contribution is 2.31. The number of furan rings is 1. The number of rotatable bonds is 3. The molecule has 0 radical (unpaired) electrons. The summed E-state index contributed by atoms with van der Waals surface area (Å²) in [6.45, 7) is 0.270. The molecule has 2 aromatic heterocycles. The van der Waals surface area contributed by atoms with E-state index in [2.05, 4.69) is 4.98 Å². The number of hydrogen-bond acceptors (Lipinski definition) is 7. The topological polar surface area (TPSA) is 78.6 Å². The first-order chi connectivity index (χ1) is 11.2. The number of fused-ring (bicyclic) bond motifs is 1. The van der Waals surface area contributed by atoms with Gasteiger partial charge >= 0.3 is 11.9 Å². The average molecular weight is 329 g/mol. The maximum Gasteiger partial charge on any atom is 0.375 e. The summed E-state index contributed by atoms with van der Waals surface area (Å²) < 4.78 is 16.4. The summed E-state index contributed by atoms with van der Waals surface area (Å²) >= 11 is 1.48. The van der Waals surface area contributed by atoms with Crippen LogP contribution in [0.5, 0.6) is 0 Å². The van der Waals surface area contributed by atoms with Gasteiger partial charge in [0.15, 0.2) is 10.8 Å². The Hall–Kier alpha value is -2.67. The van der Waals surface area contributed by atoms with E-state index in [0.717, 1.165) is 10.2 Å². The first kappa shape index (κ1) is 14.0. The molecule has 1 atom stereocenters. The van der Waals surface area contributed by atoms with Crippen LogP contribution in [0.2, 0.25) is 0 Å². The van der Waals surface area contributed by atoms with E-state index in [0.29, 0.717) is 17.2 Å². The average Bonchev–Trinajstić information content (AvgIpc) is 3.26. The maximum absolute atomic E-state index is 12.0. The Bertz CT molecular complexity index is 864. The summed E-state index contributed by atoms with van der Waals surface area (Å²) in [6.07, 6.45) is -0.478. The molecule has 6 nitrogen and oxygen atoms in total. The normalized spacial score (nSPS) is 17.4. The van der Waals surface area contributed by atoms with Crippen molar-refractivity contribution < 1.29 is 23.5 Å². The van der Waals surface area contributed by atoms with Crippen molar-refractivity contribution in [3.8, 4) is 10.8 Å². The number of ether oxygens (including phenoxy) is 2. The molecule has 0 amide bonds. The van der Waals surface area contributed by atoms with E-state index < -0.39 is 18.0 Å². The quantitative estimate of drug-likeness (QED) is 0.687. The van der Waals surface area contributed by atoms with Crippen LogP contribution in [-0.2, 0) is 14.3 Å². The monoisotopic (exact) mass is 329 g/mol. The first-order valence-corrected chi connectivity index (χ1v) is 7.86. The molecule has 23 heavy (non-hydrogen) atoms. The second-order valence-electron chi connectivity index (χ2n) is 5.00. The van der Waals surface area contributed by atoms with Crippen LogP contribution in [0, 0.1) is 0 Å². The van der Waals surface area contributed by atoms with Crippen LogP contribution in [0.25, 0.3) is 21.0 Å². The van der Waals surface area contributed by atoms with Gasteiger partial charge in [-0.25, -0.2) is 14.6 Å². The van der Waals surface area contributed by atoms with E-state index in [1.54, 1.807) is 6.07 Å². The van der Waals surface area contributed by atoms with Crippen LogP contribution in [0.3, 0.4) is 0 Å². The van der Waals surface area contributed by atoms with Crippen LogP contribution in [0.1, 0.15) is 17.0 Å². The molecule has 1 aliphatic rings. The Labute approximate surface area is 134 Å². The molecular weight excluding hydrogens is 318 g/mol. The zero-order valence-corrected chi connectivity index (χ0v) is 12.7. The van der Waals surface area contributed by atoms with E-state index in [4.69, 9.17) is 13.9 Å². The van der Waals surface area contributed by atoms with Crippen LogP contribution >= 0.6 is 11.3 Å². The van der Waals surface area contributed by atoms with Gasteiger partial charge in [-0.05, 0) is 24.3 Å². The van der Waals surface area contributed by atoms with Gasteiger partial charge in [0, 0.05) is 6.42 Å². The van der Waals surface area contributed by atoms with Crippen LogP contribution in [0.15, 0.2) is 40.8 Å². The fraction of sp³-hybridized carbons (Fsp3) is 0.188. The smallest absolute Gasteiger partial charge is 0.375 e. The number of cyclic esters (lactones) is 1. The van der Waals surface area contributed by atoms with Gasteiger partial charge in [-0.1, -0.05) is 12.1 Å². The molecule has 1 saturated heterocycles. The summed E-state index contributed by atoms with van der Waals surface area (Å²) in [6, 6.07) is 10.9. The molecule has 0 saturated carbocycles. The van der Waals surface area contributed by atoms with Crippen molar-refractivity contribution in [1.82, 2.24) is 4.98 Å². The fourth-order valence-electron chi connectivity index (χ4n) is 2.31. The number of esters is 2. The Morgan fingerprint density at radius 3 is 2.91 bits per heavy atom. The van der Waals surface area contributed by atoms with E-state index >= 15 is 0 Å². The third-order valence-electron chi connectivity index (χ3n) is 3.45. The van der Waals surface area contributed by atoms with E-state index in [1.807, 2.05) is 24.3 Å². The Morgan fingerprint density at radius 1 is 1.26 bits per heavy atom. The molecule has 4 rings (SSSR count). The summed E-state index contributed by atoms with van der Waals surface area (Å²) in [7, 11) is 0. The number of nitrogens with zero attached hydrogens (tertiary/aromatic N) is 1. The van der Waals surface area contributed by atoms with Gasteiger partial charge in [0.25, 0.3) is 0 Å². The van der Waals surface area contributed by atoms with Crippen molar-refractivity contribution in [2.24, 2.45) is 0 Å². The van der Waals surface area contributed by atoms with Crippen molar-refractivity contribution in [3.63, 3.8) is 0 Å².